The van der Waals surface area contributed by atoms with Crippen LogP contribution in [0.3, 0.4) is 0 Å². The van der Waals surface area contributed by atoms with Crippen molar-refractivity contribution in [3.8, 4) is 6.07 Å². The predicted molar refractivity (Wildman–Crippen MR) is 137 cm³/mol. The maximum absolute atomic E-state index is 14.3. The molecule has 3 rings (SSSR count). The zero-order valence-corrected chi connectivity index (χ0v) is 22.8. The Bertz CT molecular complexity index is 1420. The van der Waals surface area contributed by atoms with Crippen LogP contribution in [0.2, 0.25) is 10.0 Å². The molecule has 0 fully saturated rings. The number of aryl methyl sites for hydroxylation is 1. The van der Waals surface area contributed by atoms with E-state index < -0.39 is 38.6 Å². The fraction of sp³-hybridized carbons (Fsp3) is 0.400. The van der Waals surface area contributed by atoms with Crippen molar-refractivity contribution in [2.45, 2.75) is 57.1 Å². The molecule has 2 unspecified atom stereocenters. The Kier molecular flexibility index (Phi) is 8.04. The molecule has 198 valence electrons. The number of rotatable bonds is 6. The molecule has 0 N–H and O–H groups in total. The smallest absolute Gasteiger partial charge is 0.374 e. The number of carbonyl (C=O) groups is 1. The number of amides is 1. The molecule has 0 saturated carbocycles. The molecule has 0 aliphatic carbocycles. The van der Waals surface area contributed by atoms with Gasteiger partial charge in [0, 0.05) is 33.3 Å². The molecule has 0 radical (unpaired) electrons. The summed E-state index contributed by atoms with van der Waals surface area (Å²) in [6.07, 6.45) is -5.04. The SMILES string of the molecule is CCCS(=O)(=NC(=O)c1ccc(C2=NOC(c3cc(Cl)cc(Cl)c3)(C(F)(F)F)C2)cc1C)C(C)(C)C#N. The van der Waals surface area contributed by atoms with E-state index in [2.05, 4.69) is 9.52 Å². The largest absolute Gasteiger partial charge is 0.435 e. The molecule has 2 aromatic carbocycles. The summed E-state index contributed by atoms with van der Waals surface area (Å²) in [6, 6.07) is 9.83. The maximum atomic E-state index is 14.3. The number of nitrogens with zero attached hydrogens (tertiary/aromatic N) is 3. The highest BCUT2D eigenvalue weighted by atomic mass is 35.5. The minimum absolute atomic E-state index is 0.00727. The second-order valence-corrected chi connectivity index (χ2v) is 12.9. The molecule has 2 aromatic rings. The summed E-state index contributed by atoms with van der Waals surface area (Å²) < 4.78 is 58.8. The van der Waals surface area contributed by atoms with E-state index in [9.17, 15) is 27.4 Å². The summed E-state index contributed by atoms with van der Waals surface area (Å²) in [6.45, 7) is 6.29. The van der Waals surface area contributed by atoms with E-state index in [1.54, 1.807) is 13.8 Å². The third-order valence-electron chi connectivity index (χ3n) is 6.08. The van der Waals surface area contributed by atoms with Gasteiger partial charge in [0.15, 0.2) is 0 Å². The number of halogens is 5. The van der Waals surface area contributed by atoms with E-state index in [0.717, 1.165) is 12.1 Å². The van der Waals surface area contributed by atoms with Gasteiger partial charge in [0.05, 0.1) is 21.5 Å². The fourth-order valence-corrected chi connectivity index (χ4v) is 6.29. The van der Waals surface area contributed by atoms with Crippen LogP contribution in [0.5, 0.6) is 0 Å². The van der Waals surface area contributed by atoms with Crippen LogP contribution in [0.4, 0.5) is 13.2 Å². The van der Waals surface area contributed by atoms with Crippen LogP contribution in [0.15, 0.2) is 45.9 Å². The summed E-state index contributed by atoms with van der Waals surface area (Å²) in [4.78, 5) is 18.0. The Hall–Kier alpha value is -2.61. The number of carbonyl (C=O) groups excluding carboxylic acids is 1. The lowest BCUT2D eigenvalue weighted by Crippen LogP contribution is -2.42. The number of hydrogen-bond acceptors (Lipinski definition) is 5. The average molecular weight is 574 g/mol. The molecule has 2 atom stereocenters. The van der Waals surface area contributed by atoms with Gasteiger partial charge in [-0.15, -0.1) is 0 Å². The highest BCUT2D eigenvalue weighted by Crippen LogP contribution is 2.49. The van der Waals surface area contributed by atoms with Gasteiger partial charge in [-0.2, -0.15) is 22.8 Å². The van der Waals surface area contributed by atoms with Crippen molar-refractivity contribution in [3.05, 3.63) is 68.7 Å². The number of hydrogen-bond donors (Lipinski definition) is 0. The fourth-order valence-electron chi connectivity index (χ4n) is 3.87. The standard InChI is InChI=1S/C25H24Cl2F3N3O3S/c1-5-8-37(35,23(3,4)14-31)33-22(34)20-7-6-16(9-15(20)2)21-13-24(36-32-21,25(28,29)30)17-10-18(26)12-19(27)11-17/h6-7,9-12H,5,8,13H2,1-4H3. The predicted octanol–water partition coefficient (Wildman–Crippen LogP) is 7.20. The highest BCUT2D eigenvalue weighted by molar-refractivity contribution is 7.95. The van der Waals surface area contributed by atoms with Crippen molar-refractivity contribution in [2.75, 3.05) is 5.75 Å². The Labute approximate surface area is 223 Å². The molecule has 0 saturated heterocycles. The van der Waals surface area contributed by atoms with Gasteiger partial charge in [-0.05, 0) is 68.7 Å². The van der Waals surface area contributed by atoms with Gasteiger partial charge in [0.2, 0.25) is 0 Å². The molecule has 0 spiro atoms. The second kappa shape index (κ2) is 10.3. The molecule has 0 aromatic heterocycles. The van der Waals surface area contributed by atoms with Crippen LogP contribution in [-0.4, -0.2) is 32.5 Å². The number of alkyl halides is 3. The molecule has 37 heavy (non-hydrogen) atoms. The summed E-state index contributed by atoms with van der Waals surface area (Å²) in [5, 5.41) is 13.2. The zero-order valence-electron chi connectivity index (χ0n) is 20.4. The van der Waals surface area contributed by atoms with Crippen molar-refractivity contribution in [1.29, 1.82) is 5.26 Å². The number of oxime groups is 1. The van der Waals surface area contributed by atoms with Crippen LogP contribution >= 0.6 is 23.2 Å². The van der Waals surface area contributed by atoms with Crippen molar-refractivity contribution in [3.63, 3.8) is 0 Å². The quantitative estimate of drug-likeness (QED) is 0.365. The molecule has 0 bridgehead atoms. The first-order valence-corrected chi connectivity index (χ1v) is 13.6. The van der Waals surface area contributed by atoms with Crippen LogP contribution in [-0.2, 0) is 20.2 Å². The average Bonchev–Trinajstić information content (AvgIpc) is 3.25. The van der Waals surface area contributed by atoms with E-state index in [4.69, 9.17) is 28.0 Å². The Morgan fingerprint density at radius 1 is 1.22 bits per heavy atom. The maximum Gasteiger partial charge on any atom is 0.435 e. The molecule has 1 aliphatic rings. The summed E-state index contributed by atoms with van der Waals surface area (Å²) in [7, 11) is -3.20. The minimum atomic E-state index is -4.84. The van der Waals surface area contributed by atoms with Crippen molar-refractivity contribution in [2.24, 2.45) is 9.52 Å². The highest BCUT2D eigenvalue weighted by Gasteiger charge is 2.62. The van der Waals surface area contributed by atoms with E-state index in [1.165, 1.54) is 38.1 Å². The van der Waals surface area contributed by atoms with Gasteiger partial charge in [0.1, 0.15) is 4.75 Å². The summed E-state index contributed by atoms with van der Waals surface area (Å²) >= 11 is 11.9. The van der Waals surface area contributed by atoms with E-state index in [0.29, 0.717) is 17.5 Å². The number of nitriles is 1. The first-order valence-electron chi connectivity index (χ1n) is 11.2. The van der Waals surface area contributed by atoms with Crippen LogP contribution in [0.25, 0.3) is 0 Å². The third kappa shape index (κ3) is 5.49. The molecule has 1 amide bonds. The normalized spacial score (nSPS) is 19.4. The molecule has 1 heterocycles. The first-order chi connectivity index (χ1) is 17.1. The lowest BCUT2D eigenvalue weighted by Gasteiger charge is -2.29. The van der Waals surface area contributed by atoms with Crippen LogP contribution in [0.1, 0.15) is 60.7 Å². The van der Waals surface area contributed by atoms with Crippen LogP contribution in [0, 0.1) is 18.3 Å². The van der Waals surface area contributed by atoms with Crippen molar-refractivity contribution < 1.29 is 27.0 Å². The van der Waals surface area contributed by atoms with Gasteiger partial charge in [0.25, 0.3) is 11.5 Å². The van der Waals surface area contributed by atoms with E-state index in [-0.39, 0.29) is 32.6 Å². The Morgan fingerprint density at radius 3 is 2.35 bits per heavy atom. The van der Waals surface area contributed by atoms with Gasteiger partial charge >= 0.3 is 6.18 Å². The lowest BCUT2D eigenvalue weighted by molar-refractivity contribution is -0.275. The van der Waals surface area contributed by atoms with Crippen molar-refractivity contribution >= 4 is 44.5 Å². The second-order valence-electron chi connectivity index (χ2n) is 9.18. The van der Waals surface area contributed by atoms with Gasteiger partial charge < -0.3 is 4.84 Å². The molecular weight excluding hydrogens is 550 g/mol. The lowest BCUT2D eigenvalue weighted by atomic mass is 9.86. The topological polar surface area (TPSA) is 91.9 Å². The van der Waals surface area contributed by atoms with E-state index >= 15 is 0 Å². The minimum Gasteiger partial charge on any atom is -0.374 e. The monoisotopic (exact) mass is 573 g/mol. The third-order valence-corrected chi connectivity index (χ3v) is 9.63. The first kappa shape index (κ1) is 29.0. The van der Waals surface area contributed by atoms with Gasteiger partial charge in [-0.3, -0.25) is 4.79 Å². The summed E-state index contributed by atoms with van der Waals surface area (Å²) in [5.41, 5.74) is -2.26. The Morgan fingerprint density at radius 2 is 1.84 bits per heavy atom. The molecule has 12 heteroatoms. The van der Waals surface area contributed by atoms with E-state index in [1.807, 2.05) is 6.07 Å². The molecule has 6 nitrogen and oxygen atoms in total. The van der Waals surface area contributed by atoms with Crippen LogP contribution < -0.4 is 0 Å². The number of benzene rings is 2. The molecule has 1 aliphatic heterocycles. The zero-order chi connectivity index (χ0) is 27.8. The van der Waals surface area contributed by atoms with Crippen molar-refractivity contribution in [1.82, 2.24) is 0 Å². The van der Waals surface area contributed by atoms with Gasteiger partial charge in [-0.1, -0.05) is 41.3 Å². The van der Waals surface area contributed by atoms with Gasteiger partial charge in [-0.25, -0.2) is 4.21 Å². The molecular formula is C25H24Cl2F3N3O3S. The Balaban J connectivity index is 1.98. The summed E-state index contributed by atoms with van der Waals surface area (Å²) in [5.74, 6) is -0.703.